The molecular weight excluding hydrogens is 916 g/mol. The van der Waals surface area contributed by atoms with Gasteiger partial charge in [-0.1, -0.05) is 229 Å². The van der Waals surface area contributed by atoms with E-state index >= 15 is 0 Å². The van der Waals surface area contributed by atoms with Gasteiger partial charge < -0.3 is 32.7 Å². The van der Waals surface area contributed by atoms with Crippen molar-refractivity contribution in [2.45, 2.75) is 168 Å². The molecule has 8 rings (SSSR count). The normalized spacial score (nSPS) is 19.9. The molecule has 0 bridgehead atoms. The third-order valence-electron chi connectivity index (χ3n) is 13.4. The molecule has 0 spiro atoms. The summed E-state index contributed by atoms with van der Waals surface area (Å²) in [6.07, 6.45) is -3.28. The quantitative estimate of drug-likeness (QED) is 0.0942. The maximum Gasteiger partial charge on any atom is 0.465 e. The first kappa shape index (κ1) is 53.4. The van der Waals surface area contributed by atoms with Crippen LogP contribution in [0.3, 0.4) is 0 Å². The average molecular weight is 993 g/mol. The Balaban J connectivity index is 1.27. The molecule has 6 aromatic rings. The van der Waals surface area contributed by atoms with Crippen LogP contribution in [0.25, 0.3) is 0 Å². The number of fused-ring (bicyclic) bond motifs is 2. The van der Waals surface area contributed by atoms with Crippen LogP contribution in [0.5, 0.6) is 11.5 Å². The Bertz CT molecular complexity index is 2580. The van der Waals surface area contributed by atoms with Crippen LogP contribution in [-0.4, -0.2) is 37.3 Å². The van der Waals surface area contributed by atoms with Gasteiger partial charge in [-0.2, -0.15) is 0 Å². The second-order valence-electron chi connectivity index (χ2n) is 23.5. The van der Waals surface area contributed by atoms with Gasteiger partial charge in [0.05, 0.1) is 33.0 Å². The Morgan fingerprint density at radius 3 is 1.21 bits per heavy atom. The molecule has 2 heterocycles. The molecule has 0 saturated carbocycles. The number of hydrogen-bond acceptors (Lipinski definition) is 8. The molecule has 2 aliphatic heterocycles. The highest BCUT2D eigenvalue weighted by Crippen LogP contribution is 2.54. The van der Waals surface area contributed by atoms with Crippen LogP contribution in [0.2, 0.25) is 0 Å². The Kier molecular flexibility index (Phi) is 16.8. The van der Waals surface area contributed by atoms with E-state index in [1.807, 2.05) is 72.8 Å². The molecule has 0 aliphatic carbocycles. The first-order valence-corrected chi connectivity index (χ1v) is 26.7. The molecule has 8 nitrogen and oxygen atoms in total. The summed E-state index contributed by atoms with van der Waals surface area (Å²) in [6, 6.07) is 50.0. The maximum absolute atomic E-state index is 7.38. The Morgan fingerprint density at radius 2 is 0.819 bits per heavy atom. The summed E-state index contributed by atoms with van der Waals surface area (Å²) < 4.78 is 57.1. The number of rotatable bonds is 15. The van der Waals surface area contributed by atoms with Gasteiger partial charge in [-0.15, -0.1) is 0 Å². The summed E-state index contributed by atoms with van der Waals surface area (Å²) in [4.78, 5) is 0. The second kappa shape index (κ2) is 22.7. The van der Waals surface area contributed by atoms with Gasteiger partial charge in [0.2, 0.25) is 0 Å². The van der Waals surface area contributed by atoms with Crippen molar-refractivity contribution in [3.8, 4) is 11.5 Å². The van der Waals surface area contributed by atoms with Crippen molar-refractivity contribution in [2.75, 3.05) is 6.61 Å². The van der Waals surface area contributed by atoms with Crippen molar-refractivity contribution < 1.29 is 37.3 Å². The minimum absolute atomic E-state index is 0.119. The lowest BCUT2D eigenvalue weighted by Crippen LogP contribution is -2.61. The lowest BCUT2D eigenvalue weighted by molar-refractivity contribution is -0.310. The zero-order valence-corrected chi connectivity index (χ0v) is 45.6. The molecule has 1 fully saturated rings. The molecule has 0 aromatic heterocycles. The fraction of sp³-hybridized carbons (Fsp3) is 0.429. The first-order valence-electron chi connectivity index (χ1n) is 25.6. The van der Waals surface area contributed by atoms with Crippen LogP contribution in [0.1, 0.15) is 139 Å². The summed E-state index contributed by atoms with van der Waals surface area (Å²) in [5.74, 6) is 1.54. The van der Waals surface area contributed by atoms with E-state index in [2.05, 4.69) is 156 Å². The smallest absolute Gasteiger partial charge is 0.417 e. The molecule has 1 saturated heterocycles. The highest BCUT2D eigenvalue weighted by molar-refractivity contribution is 7.42. The predicted molar refractivity (Wildman–Crippen MR) is 290 cm³/mol. The van der Waals surface area contributed by atoms with Crippen LogP contribution in [0, 0.1) is 0 Å². The largest absolute Gasteiger partial charge is 0.465 e. The standard InChI is InChI=1S/C63H77O8P/c1-60(2,3)49-34-47-33-48-35-50(61(4,5)6)37-52(63(10,11)12)55(48)70-72(69-54(47)51(36-49)62(7,8)9)71-59-58(67-41-46-31-23-16-24-32-46)57(66-40-45-29-21-15-22-30-45)56(65-39-44-27-19-14-20-28-44)53(68-59)42-64-38-43-25-17-13-18-26-43/h13-32,34-37,53,56-59H,33,38-42H2,1-12H3/t53-,56-,57+,58-,59+/m1/s1. The van der Waals surface area contributed by atoms with Crippen molar-refractivity contribution in [3.05, 3.63) is 201 Å². The van der Waals surface area contributed by atoms with Gasteiger partial charge in [0, 0.05) is 17.5 Å². The van der Waals surface area contributed by atoms with Crippen molar-refractivity contribution in [1.82, 2.24) is 0 Å². The average Bonchev–Trinajstić information content (AvgIpc) is 3.32. The van der Waals surface area contributed by atoms with Crippen LogP contribution >= 0.6 is 8.60 Å². The van der Waals surface area contributed by atoms with E-state index in [-0.39, 0.29) is 34.9 Å². The summed E-state index contributed by atoms with van der Waals surface area (Å²) in [7, 11) is -2.25. The number of hydrogen-bond donors (Lipinski definition) is 0. The predicted octanol–water partition coefficient (Wildman–Crippen LogP) is 15.2. The van der Waals surface area contributed by atoms with E-state index in [4.69, 9.17) is 37.3 Å². The van der Waals surface area contributed by atoms with Gasteiger partial charge in [0.15, 0.2) is 6.29 Å². The van der Waals surface area contributed by atoms with Crippen LogP contribution in [-0.2, 0) is 82.7 Å². The van der Waals surface area contributed by atoms with E-state index in [0.29, 0.717) is 26.2 Å². The van der Waals surface area contributed by atoms with E-state index in [1.54, 1.807) is 0 Å². The Hall–Kier alpha value is -4.89. The van der Waals surface area contributed by atoms with Crippen LogP contribution < -0.4 is 9.05 Å². The SMILES string of the molecule is CC(C)(C)c1cc2c(c(C(C)(C)C)c1)OP(O[C@@H]1O[C@H](COCc3ccccc3)[C@@H](OCc3ccccc3)[C@H](OCc3ccccc3)[C@H]1OCc1ccccc1)Oc1c(cc(C(C)(C)C)cc1C(C)(C)C)C2. The molecule has 0 amide bonds. The minimum atomic E-state index is -2.25. The minimum Gasteiger partial charge on any atom is -0.417 e. The number of benzene rings is 6. The van der Waals surface area contributed by atoms with E-state index in [0.717, 1.165) is 56.0 Å². The molecular formula is C63H77O8P. The summed E-state index contributed by atoms with van der Waals surface area (Å²) in [5, 5.41) is 0. The highest BCUT2D eigenvalue weighted by atomic mass is 31.2. The third kappa shape index (κ3) is 13.6. The Labute approximate surface area is 431 Å². The lowest BCUT2D eigenvalue weighted by atomic mass is 9.76. The monoisotopic (exact) mass is 993 g/mol. The van der Waals surface area contributed by atoms with Crippen molar-refractivity contribution in [3.63, 3.8) is 0 Å². The Morgan fingerprint density at radius 1 is 0.444 bits per heavy atom. The van der Waals surface area contributed by atoms with Crippen molar-refractivity contribution in [2.24, 2.45) is 0 Å². The molecule has 0 radical (unpaired) electrons. The molecule has 0 unspecified atom stereocenters. The molecule has 0 N–H and O–H groups in total. The highest BCUT2D eigenvalue weighted by Gasteiger charge is 2.51. The fourth-order valence-electron chi connectivity index (χ4n) is 9.17. The number of ether oxygens (including phenoxy) is 5. The summed E-state index contributed by atoms with van der Waals surface area (Å²) in [5.41, 5.74) is 10.1. The lowest BCUT2D eigenvalue weighted by Gasteiger charge is -2.46. The summed E-state index contributed by atoms with van der Waals surface area (Å²) in [6.45, 7) is 28.5. The molecule has 382 valence electrons. The van der Waals surface area contributed by atoms with Crippen molar-refractivity contribution in [1.29, 1.82) is 0 Å². The van der Waals surface area contributed by atoms with Gasteiger partial charge >= 0.3 is 8.60 Å². The van der Waals surface area contributed by atoms with E-state index in [1.165, 1.54) is 11.1 Å². The van der Waals surface area contributed by atoms with Gasteiger partial charge in [-0.05, 0) is 66.2 Å². The van der Waals surface area contributed by atoms with E-state index < -0.39 is 39.3 Å². The molecule has 6 aromatic carbocycles. The van der Waals surface area contributed by atoms with Crippen molar-refractivity contribution >= 4 is 8.60 Å². The van der Waals surface area contributed by atoms with E-state index in [9.17, 15) is 0 Å². The maximum atomic E-state index is 7.38. The van der Waals surface area contributed by atoms with Gasteiger partial charge in [0.25, 0.3) is 0 Å². The first-order chi connectivity index (χ1) is 34.2. The van der Waals surface area contributed by atoms with Gasteiger partial charge in [0.1, 0.15) is 35.9 Å². The zero-order valence-electron chi connectivity index (χ0n) is 44.7. The van der Waals surface area contributed by atoms with Crippen LogP contribution in [0.15, 0.2) is 146 Å². The topological polar surface area (TPSA) is 73.8 Å². The van der Waals surface area contributed by atoms with Gasteiger partial charge in [-0.3, -0.25) is 4.52 Å². The molecule has 2 aliphatic rings. The van der Waals surface area contributed by atoms with Crippen LogP contribution in [0.4, 0.5) is 0 Å². The molecule has 9 heteroatoms. The summed E-state index contributed by atoms with van der Waals surface area (Å²) >= 11 is 0. The third-order valence-corrected chi connectivity index (χ3v) is 14.5. The fourth-order valence-corrected chi connectivity index (χ4v) is 10.4. The molecule has 72 heavy (non-hydrogen) atoms. The van der Waals surface area contributed by atoms with Gasteiger partial charge in [-0.25, -0.2) is 0 Å². The molecule has 5 atom stereocenters. The second-order valence-corrected chi connectivity index (χ2v) is 24.6. The zero-order chi connectivity index (χ0) is 51.3.